The minimum Gasteiger partial charge on any atom is -0.380 e. The number of imidazole rings is 1. The maximum Gasteiger partial charge on any atom is 0.202 e. The van der Waals surface area contributed by atoms with Gasteiger partial charge in [0.15, 0.2) is 0 Å². The highest BCUT2D eigenvalue weighted by atomic mass is 16.5. The molecule has 0 aliphatic carbocycles. The fourth-order valence-electron chi connectivity index (χ4n) is 1.64. The van der Waals surface area contributed by atoms with E-state index in [0.717, 1.165) is 38.7 Å². The number of nitrogens with one attached hydrogen (secondary N) is 1. The van der Waals surface area contributed by atoms with Gasteiger partial charge in [-0.1, -0.05) is 27.2 Å². The Morgan fingerprint density at radius 3 is 2.94 bits per heavy atom. The van der Waals surface area contributed by atoms with Crippen LogP contribution in [0.3, 0.4) is 0 Å². The van der Waals surface area contributed by atoms with E-state index in [9.17, 15) is 0 Å². The quantitative estimate of drug-likeness (QED) is 0.651. The van der Waals surface area contributed by atoms with Crippen LogP contribution in [0, 0.1) is 5.92 Å². The van der Waals surface area contributed by atoms with Crippen LogP contribution < -0.4 is 5.32 Å². The van der Waals surface area contributed by atoms with Crippen LogP contribution in [-0.4, -0.2) is 29.3 Å². The zero-order valence-corrected chi connectivity index (χ0v) is 12.0. The van der Waals surface area contributed by atoms with Crippen molar-refractivity contribution in [3.05, 3.63) is 12.4 Å². The van der Waals surface area contributed by atoms with Crippen molar-refractivity contribution in [1.82, 2.24) is 9.55 Å². The van der Waals surface area contributed by atoms with Crippen molar-refractivity contribution in [2.24, 2.45) is 5.92 Å². The number of hydrogen-bond acceptors (Lipinski definition) is 3. The molecule has 0 saturated carbocycles. The number of aryl methyl sites for hydroxylation is 1. The van der Waals surface area contributed by atoms with Gasteiger partial charge in [-0.05, 0) is 18.8 Å². The summed E-state index contributed by atoms with van der Waals surface area (Å²) in [5.41, 5.74) is 0. The Labute approximate surface area is 111 Å². The molecule has 0 radical (unpaired) electrons. The molecule has 0 aliphatic rings. The molecule has 1 N–H and O–H groups in total. The van der Waals surface area contributed by atoms with Crippen LogP contribution in [-0.2, 0) is 11.3 Å². The van der Waals surface area contributed by atoms with Crippen LogP contribution in [0.25, 0.3) is 0 Å². The van der Waals surface area contributed by atoms with Gasteiger partial charge in [0.05, 0.1) is 6.61 Å². The Morgan fingerprint density at radius 2 is 2.22 bits per heavy atom. The van der Waals surface area contributed by atoms with Gasteiger partial charge in [-0.2, -0.15) is 0 Å². The molecule has 0 atom stereocenters. The van der Waals surface area contributed by atoms with Crippen LogP contribution in [0.4, 0.5) is 5.95 Å². The summed E-state index contributed by atoms with van der Waals surface area (Å²) in [7, 11) is 0. The van der Waals surface area contributed by atoms with Gasteiger partial charge in [0.2, 0.25) is 5.95 Å². The number of hydrogen-bond donors (Lipinski definition) is 1. The fourth-order valence-corrected chi connectivity index (χ4v) is 1.64. The third-order valence-corrected chi connectivity index (χ3v) is 2.84. The smallest absolute Gasteiger partial charge is 0.202 e. The van der Waals surface area contributed by atoms with Gasteiger partial charge in [-0.15, -0.1) is 0 Å². The lowest BCUT2D eigenvalue weighted by Crippen LogP contribution is -2.14. The second-order valence-electron chi connectivity index (χ2n) is 5.02. The van der Waals surface area contributed by atoms with Crippen molar-refractivity contribution in [2.45, 2.75) is 46.6 Å². The Morgan fingerprint density at radius 1 is 1.39 bits per heavy atom. The second-order valence-corrected chi connectivity index (χ2v) is 5.02. The van der Waals surface area contributed by atoms with E-state index in [-0.39, 0.29) is 0 Å². The molecule has 0 unspecified atom stereocenters. The minimum atomic E-state index is 0.714. The van der Waals surface area contributed by atoms with Gasteiger partial charge in [0, 0.05) is 32.1 Å². The molecule has 4 nitrogen and oxygen atoms in total. The molecule has 0 bridgehead atoms. The summed E-state index contributed by atoms with van der Waals surface area (Å²) in [6, 6.07) is 0. The average molecular weight is 253 g/mol. The molecule has 0 aromatic carbocycles. The highest BCUT2D eigenvalue weighted by molar-refractivity contribution is 5.25. The molecule has 0 spiro atoms. The fraction of sp³-hybridized carbons (Fsp3) is 0.786. The molecule has 1 aromatic rings. The van der Waals surface area contributed by atoms with Gasteiger partial charge in [-0.3, -0.25) is 0 Å². The van der Waals surface area contributed by atoms with E-state index in [1.165, 1.54) is 12.8 Å². The number of unbranched alkanes of at least 4 members (excludes halogenated alkanes) is 1. The van der Waals surface area contributed by atoms with E-state index >= 15 is 0 Å². The maximum absolute atomic E-state index is 5.56. The summed E-state index contributed by atoms with van der Waals surface area (Å²) in [5.74, 6) is 1.67. The van der Waals surface area contributed by atoms with E-state index in [1.807, 2.05) is 12.4 Å². The largest absolute Gasteiger partial charge is 0.380 e. The first-order valence-corrected chi connectivity index (χ1v) is 7.06. The van der Waals surface area contributed by atoms with E-state index in [0.29, 0.717) is 5.92 Å². The number of nitrogens with zero attached hydrogens (tertiary/aromatic N) is 2. The Bertz CT molecular complexity index is 310. The Hall–Kier alpha value is -1.03. The van der Waals surface area contributed by atoms with Gasteiger partial charge in [0.1, 0.15) is 0 Å². The summed E-state index contributed by atoms with van der Waals surface area (Å²) in [6.45, 7) is 10.1. The van der Waals surface area contributed by atoms with Gasteiger partial charge in [0.25, 0.3) is 0 Å². The predicted molar refractivity (Wildman–Crippen MR) is 75.9 cm³/mol. The van der Waals surface area contributed by atoms with Crippen LogP contribution in [0.15, 0.2) is 12.4 Å². The standard InChI is InChI=1S/C14H27N3O/c1-4-5-9-17-10-7-15-14(17)16-8-12-18-11-6-13(2)3/h7,10,13H,4-6,8-9,11-12H2,1-3H3,(H,15,16). The topological polar surface area (TPSA) is 39.1 Å². The van der Waals surface area contributed by atoms with Crippen LogP contribution >= 0.6 is 0 Å². The zero-order chi connectivity index (χ0) is 13.2. The highest BCUT2D eigenvalue weighted by Crippen LogP contribution is 2.06. The Kier molecular flexibility index (Phi) is 7.49. The van der Waals surface area contributed by atoms with Crippen molar-refractivity contribution < 1.29 is 4.74 Å². The number of ether oxygens (including phenoxy) is 1. The summed E-state index contributed by atoms with van der Waals surface area (Å²) in [5, 5.41) is 3.32. The predicted octanol–water partition coefficient (Wildman–Crippen LogP) is 3.16. The van der Waals surface area contributed by atoms with Gasteiger partial charge in [-0.25, -0.2) is 4.98 Å². The molecule has 1 aromatic heterocycles. The lowest BCUT2D eigenvalue weighted by molar-refractivity contribution is 0.132. The van der Waals surface area contributed by atoms with Crippen LogP contribution in [0.1, 0.15) is 40.0 Å². The van der Waals surface area contributed by atoms with Gasteiger partial charge < -0.3 is 14.6 Å². The van der Waals surface area contributed by atoms with Crippen LogP contribution in [0.2, 0.25) is 0 Å². The minimum absolute atomic E-state index is 0.714. The molecule has 18 heavy (non-hydrogen) atoms. The highest BCUT2D eigenvalue weighted by Gasteiger charge is 2.01. The van der Waals surface area contributed by atoms with E-state index in [2.05, 4.69) is 35.6 Å². The zero-order valence-electron chi connectivity index (χ0n) is 12.0. The normalized spacial score (nSPS) is 11.1. The molecule has 104 valence electrons. The van der Waals surface area contributed by atoms with E-state index in [4.69, 9.17) is 4.74 Å². The summed E-state index contributed by atoms with van der Waals surface area (Å²) < 4.78 is 7.73. The molecule has 0 amide bonds. The SMILES string of the molecule is CCCCn1ccnc1NCCOCCC(C)C. The molecule has 0 fully saturated rings. The molecule has 1 heterocycles. The first-order chi connectivity index (χ1) is 8.74. The number of rotatable bonds is 10. The van der Waals surface area contributed by atoms with Crippen molar-refractivity contribution in [3.8, 4) is 0 Å². The summed E-state index contributed by atoms with van der Waals surface area (Å²) in [6.07, 6.45) is 7.40. The molecule has 1 rings (SSSR count). The Balaban J connectivity index is 2.13. The molecule has 4 heteroatoms. The van der Waals surface area contributed by atoms with Crippen molar-refractivity contribution in [3.63, 3.8) is 0 Å². The van der Waals surface area contributed by atoms with Crippen LogP contribution in [0.5, 0.6) is 0 Å². The summed E-state index contributed by atoms with van der Waals surface area (Å²) in [4.78, 5) is 4.31. The lowest BCUT2D eigenvalue weighted by atomic mass is 10.1. The van der Waals surface area contributed by atoms with Crippen molar-refractivity contribution in [2.75, 3.05) is 25.1 Å². The van der Waals surface area contributed by atoms with Crippen molar-refractivity contribution in [1.29, 1.82) is 0 Å². The second kappa shape index (κ2) is 8.97. The number of anilines is 1. The first kappa shape index (κ1) is 15.0. The summed E-state index contributed by atoms with van der Waals surface area (Å²) >= 11 is 0. The van der Waals surface area contributed by atoms with Crippen molar-refractivity contribution >= 4 is 5.95 Å². The lowest BCUT2D eigenvalue weighted by Gasteiger charge is -2.10. The monoisotopic (exact) mass is 253 g/mol. The molecule has 0 aliphatic heterocycles. The molecular weight excluding hydrogens is 226 g/mol. The number of aromatic nitrogens is 2. The first-order valence-electron chi connectivity index (χ1n) is 7.06. The molecular formula is C14H27N3O. The third kappa shape index (κ3) is 6.05. The average Bonchev–Trinajstić information content (AvgIpc) is 2.78. The molecule has 0 saturated heterocycles. The van der Waals surface area contributed by atoms with Gasteiger partial charge >= 0.3 is 0 Å². The van der Waals surface area contributed by atoms with E-state index in [1.54, 1.807) is 0 Å². The maximum atomic E-state index is 5.56. The van der Waals surface area contributed by atoms with E-state index < -0.39 is 0 Å². The third-order valence-electron chi connectivity index (χ3n) is 2.84.